The first-order valence-corrected chi connectivity index (χ1v) is 6.92. The summed E-state index contributed by atoms with van der Waals surface area (Å²) >= 11 is 18.5. The summed E-state index contributed by atoms with van der Waals surface area (Å²) in [5.74, 6) is 0.624. The standard InChI is InChI=1S/C15H9Cl3O/c16-12-6-5-11(9-3-1-2-4-10(9)12)15(18)13-7-8-14(17)19-13/h1-8,15H. The maximum Gasteiger partial charge on any atom is 0.193 e. The number of furan rings is 1. The number of alkyl halides is 1. The molecule has 1 heterocycles. The van der Waals surface area contributed by atoms with Gasteiger partial charge in [-0.05, 0) is 40.7 Å². The van der Waals surface area contributed by atoms with Gasteiger partial charge in [-0.1, -0.05) is 41.9 Å². The summed E-state index contributed by atoms with van der Waals surface area (Å²) in [6, 6.07) is 15.1. The van der Waals surface area contributed by atoms with Crippen molar-refractivity contribution in [2.75, 3.05) is 0 Å². The van der Waals surface area contributed by atoms with Crippen LogP contribution in [0.4, 0.5) is 0 Å². The lowest BCUT2D eigenvalue weighted by molar-refractivity contribution is 0.519. The van der Waals surface area contributed by atoms with E-state index in [0.717, 1.165) is 16.3 Å². The Morgan fingerprint density at radius 3 is 2.26 bits per heavy atom. The van der Waals surface area contributed by atoms with Crippen LogP contribution in [0, 0.1) is 0 Å². The van der Waals surface area contributed by atoms with Gasteiger partial charge in [-0.2, -0.15) is 0 Å². The maximum absolute atomic E-state index is 6.48. The molecular weight excluding hydrogens is 303 g/mol. The summed E-state index contributed by atoms with van der Waals surface area (Å²) in [7, 11) is 0. The topological polar surface area (TPSA) is 13.1 Å². The Hall–Kier alpha value is -1.15. The van der Waals surface area contributed by atoms with Gasteiger partial charge in [-0.3, -0.25) is 0 Å². The van der Waals surface area contributed by atoms with E-state index >= 15 is 0 Å². The van der Waals surface area contributed by atoms with Crippen LogP contribution < -0.4 is 0 Å². The van der Waals surface area contributed by atoms with Crippen LogP contribution in [-0.4, -0.2) is 0 Å². The zero-order valence-corrected chi connectivity index (χ0v) is 12.0. The van der Waals surface area contributed by atoms with E-state index in [1.165, 1.54) is 0 Å². The van der Waals surface area contributed by atoms with Crippen LogP contribution in [0.5, 0.6) is 0 Å². The summed E-state index contributed by atoms with van der Waals surface area (Å²) < 4.78 is 5.38. The molecule has 1 aromatic heterocycles. The first-order chi connectivity index (χ1) is 9.16. The van der Waals surface area contributed by atoms with Gasteiger partial charge in [0.15, 0.2) is 5.22 Å². The fourth-order valence-corrected chi connectivity index (χ4v) is 2.81. The second-order valence-corrected chi connectivity index (χ2v) is 5.40. The van der Waals surface area contributed by atoms with Crippen molar-refractivity contribution in [3.05, 3.63) is 70.1 Å². The van der Waals surface area contributed by atoms with Gasteiger partial charge in [0.1, 0.15) is 11.1 Å². The highest BCUT2D eigenvalue weighted by Crippen LogP contribution is 2.37. The molecule has 4 heteroatoms. The first-order valence-electron chi connectivity index (χ1n) is 5.73. The normalized spacial score (nSPS) is 12.8. The molecule has 96 valence electrons. The second-order valence-electron chi connectivity index (χ2n) is 4.19. The Morgan fingerprint density at radius 1 is 0.842 bits per heavy atom. The molecule has 0 amide bonds. The summed E-state index contributed by atoms with van der Waals surface area (Å²) in [6.07, 6.45) is 0. The van der Waals surface area contributed by atoms with E-state index in [9.17, 15) is 0 Å². The minimum Gasteiger partial charge on any atom is -0.448 e. The quantitative estimate of drug-likeness (QED) is 0.524. The van der Waals surface area contributed by atoms with E-state index in [0.29, 0.717) is 16.0 Å². The second kappa shape index (κ2) is 5.09. The van der Waals surface area contributed by atoms with Crippen LogP contribution in [0.3, 0.4) is 0 Å². The van der Waals surface area contributed by atoms with Crippen LogP contribution in [0.1, 0.15) is 16.7 Å². The molecule has 0 aliphatic carbocycles. The molecule has 1 unspecified atom stereocenters. The Labute approximate surface area is 125 Å². The molecule has 0 aliphatic heterocycles. The molecule has 0 fully saturated rings. The van der Waals surface area contributed by atoms with Gasteiger partial charge in [0, 0.05) is 10.4 Å². The number of halogens is 3. The van der Waals surface area contributed by atoms with Crippen molar-refractivity contribution >= 4 is 45.6 Å². The van der Waals surface area contributed by atoms with Crippen molar-refractivity contribution in [1.29, 1.82) is 0 Å². The Morgan fingerprint density at radius 2 is 1.58 bits per heavy atom. The zero-order chi connectivity index (χ0) is 13.4. The molecular formula is C15H9Cl3O. The zero-order valence-electron chi connectivity index (χ0n) is 9.74. The van der Waals surface area contributed by atoms with Crippen molar-refractivity contribution in [2.24, 2.45) is 0 Å². The monoisotopic (exact) mass is 310 g/mol. The molecule has 3 rings (SSSR count). The molecule has 0 spiro atoms. The molecule has 3 aromatic rings. The smallest absolute Gasteiger partial charge is 0.193 e. The van der Waals surface area contributed by atoms with Gasteiger partial charge >= 0.3 is 0 Å². The number of benzene rings is 2. The summed E-state index contributed by atoms with van der Waals surface area (Å²) in [6.45, 7) is 0. The number of fused-ring (bicyclic) bond motifs is 1. The molecule has 0 radical (unpaired) electrons. The Balaban J connectivity index is 2.18. The fourth-order valence-electron chi connectivity index (χ4n) is 2.12. The Bertz CT molecular complexity index is 733. The minimum absolute atomic E-state index is 0.332. The third-order valence-corrected chi connectivity index (χ3v) is 4.00. The summed E-state index contributed by atoms with van der Waals surface area (Å²) in [4.78, 5) is 0. The molecule has 0 saturated heterocycles. The van der Waals surface area contributed by atoms with Crippen LogP contribution in [0.15, 0.2) is 52.9 Å². The summed E-state index contributed by atoms with van der Waals surface area (Å²) in [5, 5.41) is 2.64. The van der Waals surface area contributed by atoms with E-state index in [4.69, 9.17) is 39.2 Å². The number of rotatable bonds is 2. The lowest BCUT2D eigenvalue weighted by Gasteiger charge is -2.11. The van der Waals surface area contributed by atoms with Crippen LogP contribution in [0.2, 0.25) is 10.2 Å². The van der Waals surface area contributed by atoms with E-state index in [-0.39, 0.29) is 0 Å². The van der Waals surface area contributed by atoms with Gasteiger partial charge in [0.05, 0.1) is 0 Å². The average molecular weight is 312 g/mol. The lowest BCUT2D eigenvalue weighted by Crippen LogP contribution is -1.93. The predicted molar refractivity (Wildman–Crippen MR) is 80.4 cm³/mol. The molecule has 1 nitrogen and oxygen atoms in total. The van der Waals surface area contributed by atoms with E-state index in [1.807, 2.05) is 36.4 Å². The molecule has 1 atom stereocenters. The molecule has 0 saturated carbocycles. The summed E-state index contributed by atoms with van der Waals surface area (Å²) in [5.41, 5.74) is 0.952. The van der Waals surface area contributed by atoms with Crippen molar-refractivity contribution in [1.82, 2.24) is 0 Å². The van der Waals surface area contributed by atoms with Gasteiger partial charge < -0.3 is 4.42 Å². The van der Waals surface area contributed by atoms with Crippen molar-refractivity contribution in [3.8, 4) is 0 Å². The molecule has 0 N–H and O–H groups in total. The van der Waals surface area contributed by atoms with Crippen molar-refractivity contribution < 1.29 is 4.42 Å². The first kappa shape index (κ1) is 12.9. The van der Waals surface area contributed by atoms with Gasteiger partial charge in [0.25, 0.3) is 0 Å². The minimum atomic E-state index is -0.394. The average Bonchev–Trinajstić information content (AvgIpc) is 2.86. The highest BCUT2D eigenvalue weighted by molar-refractivity contribution is 6.36. The number of hydrogen-bond donors (Lipinski definition) is 0. The SMILES string of the molecule is Clc1ccc(C(Cl)c2ccc(Cl)c3ccccc23)o1. The van der Waals surface area contributed by atoms with Crippen molar-refractivity contribution in [2.45, 2.75) is 5.38 Å². The van der Waals surface area contributed by atoms with Crippen LogP contribution in [0.25, 0.3) is 10.8 Å². The van der Waals surface area contributed by atoms with Gasteiger partial charge in [0.2, 0.25) is 0 Å². The van der Waals surface area contributed by atoms with Gasteiger partial charge in [-0.25, -0.2) is 0 Å². The van der Waals surface area contributed by atoms with E-state index in [1.54, 1.807) is 12.1 Å². The third kappa shape index (κ3) is 2.34. The maximum atomic E-state index is 6.48. The molecule has 0 bridgehead atoms. The Kier molecular flexibility index (Phi) is 3.44. The third-order valence-electron chi connectivity index (χ3n) is 3.02. The number of hydrogen-bond acceptors (Lipinski definition) is 1. The van der Waals surface area contributed by atoms with Gasteiger partial charge in [-0.15, -0.1) is 11.6 Å². The van der Waals surface area contributed by atoms with Crippen LogP contribution in [-0.2, 0) is 0 Å². The molecule has 0 aliphatic rings. The highest BCUT2D eigenvalue weighted by atomic mass is 35.5. The van der Waals surface area contributed by atoms with Crippen molar-refractivity contribution in [3.63, 3.8) is 0 Å². The van der Waals surface area contributed by atoms with E-state index in [2.05, 4.69) is 0 Å². The van der Waals surface area contributed by atoms with Crippen LogP contribution >= 0.6 is 34.8 Å². The lowest BCUT2D eigenvalue weighted by atomic mass is 10.0. The fraction of sp³-hybridized carbons (Fsp3) is 0.0667. The molecule has 19 heavy (non-hydrogen) atoms. The largest absolute Gasteiger partial charge is 0.448 e. The predicted octanol–water partition coefficient (Wildman–Crippen LogP) is 6.07. The highest BCUT2D eigenvalue weighted by Gasteiger charge is 2.18. The molecule has 2 aromatic carbocycles. The van der Waals surface area contributed by atoms with E-state index < -0.39 is 5.38 Å².